The van der Waals surface area contributed by atoms with Crippen LogP contribution >= 0.6 is 22.9 Å². The van der Waals surface area contributed by atoms with Gasteiger partial charge in [0.2, 0.25) is 11.9 Å². The number of aromatic nitrogens is 4. The lowest BCUT2D eigenvalue weighted by Crippen LogP contribution is -2.44. The number of rotatable bonds is 15. The number of carbonyl (C=O) groups is 3. The van der Waals surface area contributed by atoms with Gasteiger partial charge in [-0.15, -0.1) is 0 Å². The van der Waals surface area contributed by atoms with Crippen LogP contribution in [-0.4, -0.2) is 77.7 Å². The van der Waals surface area contributed by atoms with E-state index in [4.69, 9.17) is 25.8 Å². The number of hydrogen-bond acceptors (Lipinski definition) is 13. The van der Waals surface area contributed by atoms with Crippen LogP contribution < -0.4 is 40.8 Å². The second kappa shape index (κ2) is 16.6. The van der Waals surface area contributed by atoms with Crippen molar-refractivity contribution in [3.05, 3.63) is 76.8 Å². The molecule has 1 saturated carbocycles. The van der Waals surface area contributed by atoms with E-state index in [0.29, 0.717) is 33.3 Å². The van der Waals surface area contributed by atoms with Crippen molar-refractivity contribution in [1.82, 2.24) is 30.6 Å². The molecule has 3 aromatic carbocycles. The predicted octanol–water partition coefficient (Wildman–Crippen LogP) is 6.45. The number of ether oxygens (including phenoxy) is 3. The zero-order valence-corrected chi connectivity index (χ0v) is 32.5. The molecule has 2 heterocycles. The largest absolute Gasteiger partial charge is 0.493 e. The molecule has 5 N–H and O–H groups in total. The average molecular weight is 828 g/mol. The number of anilines is 4. The van der Waals surface area contributed by atoms with Crippen LogP contribution in [0, 0.1) is 5.41 Å². The highest BCUT2D eigenvalue weighted by Crippen LogP contribution is 2.48. The smallest absolute Gasteiger partial charge is 0.422 e. The van der Waals surface area contributed by atoms with E-state index in [9.17, 15) is 27.6 Å². The fourth-order valence-corrected chi connectivity index (χ4v) is 6.45. The van der Waals surface area contributed by atoms with E-state index in [-0.39, 0.29) is 30.1 Å². The van der Waals surface area contributed by atoms with Gasteiger partial charge in [-0.3, -0.25) is 19.7 Å². The minimum atomic E-state index is -4.62. The Morgan fingerprint density at radius 3 is 2.14 bits per heavy atom. The molecule has 1 aliphatic carbocycles. The highest BCUT2D eigenvalue weighted by Gasteiger charge is 2.45. The van der Waals surface area contributed by atoms with Crippen LogP contribution in [0.3, 0.4) is 0 Å². The van der Waals surface area contributed by atoms with E-state index in [1.165, 1.54) is 37.7 Å². The lowest BCUT2D eigenvalue weighted by molar-refractivity contribution is -0.154. The maximum Gasteiger partial charge on any atom is 0.422 e. The first-order valence-electron chi connectivity index (χ1n) is 17.3. The molecular formula is C37H37ClF3N9O6S. The first kappa shape index (κ1) is 40.7. The van der Waals surface area contributed by atoms with Crippen molar-refractivity contribution in [2.24, 2.45) is 5.41 Å². The van der Waals surface area contributed by atoms with Crippen LogP contribution in [0.2, 0.25) is 5.02 Å². The van der Waals surface area contributed by atoms with Crippen molar-refractivity contribution in [2.45, 2.75) is 38.4 Å². The number of nitrogens with one attached hydrogen (secondary N) is 5. The zero-order chi connectivity index (χ0) is 41.0. The second-order valence-electron chi connectivity index (χ2n) is 13.8. The summed E-state index contributed by atoms with van der Waals surface area (Å²) in [6, 6.07) is 16.3. The first-order chi connectivity index (χ1) is 27.0. The summed E-state index contributed by atoms with van der Waals surface area (Å²) in [7, 11) is 3.01. The van der Waals surface area contributed by atoms with Crippen LogP contribution in [-0.2, 0) is 15.1 Å². The maximum absolute atomic E-state index is 13.0. The van der Waals surface area contributed by atoms with Gasteiger partial charge in [0.05, 0.1) is 30.0 Å². The summed E-state index contributed by atoms with van der Waals surface area (Å²) in [4.78, 5) is 55.0. The van der Waals surface area contributed by atoms with Gasteiger partial charge in [0.15, 0.2) is 23.2 Å². The number of hydrogen-bond donors (Lipinski definition) is 5. The van der Waals surface area contributed by atoms with E-state index in [0.717, 1.165) is 23.1 Å². The number of fused-ring (bicyclic) bond motifs is 1. The molecule has 0 atom stereocenters. The number of benzene rings is 3. The summed E-state index contributed by atoms with van der Waals surface area (Å²) < 4.78 is 55.1. The predicted molar refractivity (Wildman–Crippen MR) is 208 cm³/mol. The molecule has 0 unspecified atom stereocenters. The van der Waals surface area contributed by atoms with Gasteiger partial charge in [-0.05, 0) is 60.2 Å². The van der Waals surface area contributed by atoms with Crippen molar-refractivity contribution in [3.63, 3.8) is 0 Å². The van der Waals surface area contributed by atoms with Crippen molar-refractivity contribution in [2.75, 3.05) is 49.9 Å². The van der Waals surface area contributed by atoms with Gasteiger partial charge in [-0.2, -0.15) is 28.1 Å². The monoisotopic (exact) mass is 827 g/mol. The van der Waals surface area contributed by atoms with Gasteiger partial charge in [0.1, 0.15) is 0 Å². The second-order valence-corrected chi connectivity index (χ2v) is 15.2. The lowest BCUT2D eigenvalue weighted by atomic mass is 9.93. The summed E-state index contributed by atoms with van der Waals surface area (Å²) in [6.07, 6.45) is -3.16. The van der Waals surface area contributed by atoms with Crippen LogP contribution in [0.5, 0.6) is 17.5 Å². The van der Waals surface area contributed by atoms with E-state index in [1.807, 2.05) is 12.1 Å². The molecule has 57 heavy (non-hydrogen) atoms. The van der Waals surface area contributed by atoms with Crippen molar-refractivity contribution >= 4 is 73.6 Å². The van der Waals surface area contributed by atoms with Gasteiger partial charge in [0.25, 0.3) is 5.91 Å². The highest BCUT2D eigenvalue weighted by atomic mass is 35.5. The molecule has 1 fully saturated rings. The normalized spacial score (nSPS) is 13.3. The van der Waals surface area contributed by atoms with Crippen molar-refractivity contribution in [3.8, 4) is 17.5 Å². The van der Waals surface area contributed by atoms with Gasteiger partial charge in [0, 0.05) is 41.5 Å². The summed E-state index contributed by atoms with van der Waals surface area (Å²) >= 11 is 7.21. The molecule has 20 heteroatoms. The van der Waals surface area contributed by atoms with Crippen LogP contribution in [0.4, 0.5) is 35.9 Å². The molecule has 1 aliphatic rings. The summed E-state index contributed by atoms with van der Waals surface area (Å²) in [5, 5.41) is 14.8. The van der Waals surface area contributed by atoms with Gasteiger partial charge < -0.3 is 35.5 Å². The summed E-state index contributed by atoms with van der Waals surface area (Å²) in [5.41, 5.74) is 1.02. The Bertz CT molecular complexity index is 2230. The number of alkyl halides is 3. The quantitative estimate of drug-likeness (QED) is 0.0727. The molecule has 0 bridgehead atoms. The minimum Gasteiger partial charge on any atom is -0.493 e. The molecule has 300 valence electrons. The third-order valence-electron chi connectivity index (χ3n) is 8.66. The fraction of sp³-hybridized carbons (Fsp3) is 0.324. The summed E-state index contributed by atoms with van der Waals surface area (Å²) in [6.45, 7) is 2.22. The van der Waals surface area contributed by atoms with E-state index in [1.54, 1.807) is 50.2 Å². The van der Waals surface area contributed by atoms with Crippen LogP contribution in [0.15, 0.2) is 60.7 Å². The SMILES string of the molecule is COc1cc2nc(NC(=O)C(=O)NCC(C)(C)CNC(=O)c3ccc(Nc4nc(NC5(c6ccc(Cl)cc6)CC5)nc(OCC(F)(F)F)n4)cc3)sc2cc1OC. The summed E-state index contributed by atoms with van der Waals surface area (Å²) in [5.74, 6) is -1.29. The molecule has 0 saturated heterocycles. The van der Waals surface area contributed by atoms with Gasteiger partial charge >= 0.3 is 24.0 Å². The van der Waals surface area contributed by atoms with Gasteiger partial charge in [-0.25, -0.2) is 4.98 Å². The topological polar surface area (TPSA) is 191 Å². The van der Waals surface area contributed by atoms with Crippen LogP contribution in [0.25, 0.3) is 10.2 Å². The van der Waals surface area contributed by atoms with E-state index < -0.39 is 47.5 Å². The zero-order valence-electron chi connectivity index (χ0n) is 31.0. The van der Waals surface area contributed by atoms with Crippen LogP contribution in [0.1, 0.15) is 42.6 Å². The number of amides is 3. The number of methoxy groups -OCH3 is 2. The van der Waals surface area contributed by atoms with Gasteiger partial charge in [-0.1, -0.05) is 48.9 Å². The Labute approximate surface area is 333 Å². The average Bonchev–Trinajstić information content (AvgIpc) is 3.85. The van der Waals surface area contributed by atoms with Crippen molar-refractivity contribution < 1.29 is 41.8 Å². The number of nitrogens with zero attached hydrogens (tertiary/aromatic N) is 4. The molecule has 2 aromatic heterocycles. The Morgan fingerprint density at radius 1 is 0.842 bits per heavy atom. The Kier molecular flexibility index (Phi) is 11.9. The minimum absolute atomic E-state index is 0.00325. The molecule has 0 aliphatic heterocycles. The van der Waals surface area contributed by atoms with E-state index in [2.05, 4.69) is 46.5 Å². The highest BCUT2D eigenvalue weighted by molar-refractivity contribution is 7.22. The Hall–Kier alpha value is -5.95. The molecule has 0 spiro atoms. The number of carbonyl (C=O) groups excluding carboxylic acids is 3. The third-order valence-corrected chi connectivity index (χ3v) is 9.84. The van der Waals surface area contributed by atoms with Crippen molar-refractivity contribution in [1.29, 1.82) is 0 Å². The molecule has 6 rings (SSSR count). The molecule has 0 radical (unpaired) electrons. The fourth-order valence-electron chi connectivity index (χ4n) is 5.45. The number of halogens is 4. The Morgan fingerprint density at radius 2 is 1.49 bits per heavy atom. The molecule has 3 amide bonds. The van der Waals surface area contributed by atoms with E-state index >= 15 is 0 Å². The first-order valence-corrected chi connectivity index (χ1v) is 18.5. The third kappa shape index (κ3) is 10.7. The maximum atomic E-state index is 13.0. The standard InChI is InChI=1S/C37H37ClF3N9O6S/c1-35(2,18-43-29(52)30(53)46-34-45-24-15-25(54-3)26(55-4)16-27(24)57-34)17-42-28(51)20-5-11-23(12-6-20)44-31-47-32(49-33(48-31)56-19-37(39,40)41)50-36(13-14-36)21-7-9-22(38)10-8-21/h5-12,15-16H,13-14,17-19H2,1-4H3,(H,42,51)(H,43,52)(H,45,46,53)(H2,44,47,48,49,50). The molecule has 15 nitrogen and oxygen atoms in total. The molecular weight excluding hydrogens is 791 g/mol. The lowest BCUT2D eigenvalue weighted by Gasteiger charge is -2.25. The molecule has 5 aromatic rings. The Balaban J connectivity index is 1.02. The number of thiazole rings is 1.